The lowest BCUT2D eigenvalue weighted by molar-refractivity contribution is -0.118. The summed E-state index contributed by atoms with van der Waals surface area (Å²) in [6.45, 7) is 0.322. The number of carbonyl (C=O) groups is 1. The van der Waals surface area contributed by atoms with Gasteiger partial charge in [0, 0.05) is 43.0 Å². The number of H-pyrrole nitrogens is 1. The van der Waals surface area contributed by atoms with Crippen LogP contribution in [0.15, 0.2) is 35.2 Å². The molecule has 1 aromatic heterocycles. The Kier molecular flexibility index (Phi) is 6.90. The van der Waals surface area contributed by atoms with E-state index in [4.69, 9.17) is 28.9 Å². The quantitative estimate of drug-likeness (QED) is 0.316. The Labute approximate surface area is 216 Å². The van der Waals surface area contributed by atoms with Crippen LogP contribution in [-0.2, 0) is 4.79 Å². The minimum absolute atomic E-state index is 0.0772. The molecule has 0 bridgehead atoms. The second-order valence-corrected chi connectivity index (χ2v) is 11.3. The van der Waals surface area contributed by atoms with E-state index < -0.39 is 11.8 Å². The van der Waals surface area contributed by atoms with Crippen LogP contribution in [0, 0.1) is 5.92 Å². The van der Waals surface area contributed by atoms with E-state index in [1.807, 2.05) is 23.9 Å². The number of aromatic nitrogens is 2. The Bertz CT molecular complexity index is 1240. The van der Waals surface area contributed by atoms with Crippen LogP contribution in [0.1, 0.15) is 49.4 Å². The zero-order valence-electron chi connectivity index (χ0n) is 19.0. The van der Waals surface area contributed by atoms with Crippen molar-refractivity contribution < 1.29 is 13.6 Å². The highest BCUT2D eigenvalue weighted by atomic mass is 35.5. The van der Waals surface area contributed by atoms with Crippen molar-refractivity contribution in [2.75, 3.05) is 23.7 Å². The third-order valence-electron chi connectivity index (χ3n) is 6.68. The summed E-state index contributed by atoms with van der Waals surface area (Å²) >= 11 is 15.1. The second-order valence-electron chi connectivity index (χ2n) is 9.43. The maximum absolute atomic E-state index is 13.7. The number of piperidine rings is 1. The lowest BCUT2D eigenvalue weighted by Gasteiger charge is -2.34. The smallest absolute Gasteiger partial charge is 0.251 e. The number of benzene rings is 2. The number of alkyl halides is 2. The first-order valence-corrected chi connectivity index (χ1v) is 13.5. The highest BCUT2D eigenvalue weighted by Gasteiger charge is 2.35. The molecule has 1 aliphatic heterocycles. The molecule has 1 amide bonds. The molecule has 0 radical (unpaired) electrons. The average Bonchev–Trinajstić information content (AvgIpc) is 3.55. The van der Waals surface area contributed by atoms with Gasteiger partial charge >= 0.3 is 0 Å². The van der Waals surface area contributed by atoms with Gasteiger partial charge in [0.2, 0.25) is 5.91 Å². The number of fused-ring (bicyclic) bond motifs is 1. The number of hydrogen-bond donors (Lipinski definition) is 2. The van der Waals surface area contributed by atoms with E-state index in [2.05, 4.69) is 22.1 Å². The first-order chi connectivity index (χ1) is 16.7. The minimum Gasteiger partial charge on any atom is -0.370 e. The number of nitrogens with zero attached hydrogens (tertiary/aromatic N) is 2. The SMILES string of the molecule is NC(=O)CC(c1ccc(SCC2CC2)cc1)c1nc2cc(Cl)c(N3CCC(F)(F)CC3)c(Cl)c2[nH]1. The molecule has 10 heteroatoms. The van der Waals surface area contributed by atoms with E-state index in [-0.39, 0.29) is 38.3 Å². The van der Waals surface area contributed by atoms with Gasteiger partial charge < -0.3 is 15.6 Å². The van der Waals surface area contributed by atoms with Crippen molar-refractivity contribution in [3.8, 4) is 0 Å². The van der Waals surface area contributed by atoms with E-state index in [0.717, 1.165) is 17.2 Å². The summed E-state index contributed by atoms with van der Waals surface area (Å²) in [4.78, 5) is 22.9. The summed E-state index contributed by atoms with van der Waals surface area (Å²) in [7, 11) is 0. The Balaban J connectivity index is 1.45. The Morgan fingerprint density at radius 1 is 1.23 bits per heavy atom. The predicted octanol–water partition coefficient (Wildman–Crippen LogP) is 6.61. The van der Waals surface area contributed by atoms with Crippen molar-refractivity contribution in [2.45, 2.75) is 48.8 Å². The molecule has 0 spiro atoms. The molecule has 2 fully saturated rings. The molecule has 5 nitrogen and oxygen atoms in total. The maximum Gasteiger partial charge on any atom is 0.251 e. The largest absolute Gasteiger partial charge is 0.370 e. The van der Waals surface area contributed by atoms with Crippen LogP contribution in [0.3, 0.4) is 0 Å². The van der Waals surface area contributed by atoms with Gasteiger partial charge in [0.15, 0.2) is 0 Å². The number of halogens is 4. The molecule has 2 heterocycles. The summed E-state index contributed by atoms with van der Waals surface area (Å²) in [5, 5.41) is 0.690. The summed E-state index contributed by atoms with van der Waals surface area (Å²) < 4.78 is 27.3. The monoisotopic (exact) mass is 538 g/mol. The van der Waals surface area contributed by atoms with Gasteiger partial charge in [-0.1, -0.05) is 35.3 Å². The summed E-state index contributed by atoms with van der Waals surface area (Å²) in [5.41, 5.74) is 8.13. The van der Waals surface area contributed by atoms with Crippen molar-refractivity contribution in [1.82, 2.24) is 9.97 Å². The van der Waals surface area contributed by atoms with Crippen LogP contribution in [0.25, 0.3) is 11.0 Å². The first kappa shape index (κ1) is 24.7. The molecule has 1 aliphatic carbocycles. The normalized spacial score (nSPS) is 18.7. The number of nitrogens with two attached hydrogens (primary N) is 1. The predicted molar refractivity (Wildman–Crippen MR) is 138 cm³/mol. The maximum atomic E-state index is 13.7. The van der Waals surface area contributed by atoms with Crippen LogP contribution in [-0.4, -0.2) is 40.6 Å². The molecule has 3 N–H and O–H groups in total. The number of rotatable bonds is 8. The average molecular weight is 539 g/mol. The lowest BCUT2D eigenvalue weighted by atomic mass is 9.95. The molecule has 2 aromatic carbocycles. The number of amides is 1. The first-order valence-electron chi connectivity index (χ1n) is 11.7. The number of thioether (sulfide) groups is 1. The van der Waals surface area contributed by atoms with Crippen LogP contribution < -0.4 is 10.6 Å². The van der Waals surface area contributed by atoms with Gasteiger partial charge in [0.05, 0.1) is 32.7 Å². The van der Waals surface area contributed by atoms with E-state index in [9.17, 15) is 13.6 Å². The molecule has 5 rings (SSSR count). The fourth-order valence-corrected chi connectivity index (χ4v) is 6.29. The molecule has 35 heavy (non-hydrogen) atoms. The van der Waals surface area contributed by atoms with Gasteiger partial charge in [-0.2, -0.15) is 0 Å². The zero-order chi connectivity index (χ0) is 24.7. The summed E-state index contributed by atoms with van der Waals surface area (Å²) in [5.74, 6) is -0.979. The van der Waals surface area contributed by atoms with Crippen molar-refractivity contribution >= 4 is 57.6 Å². The van der Waals surface area contributed by atoms with Gasteiger partial charge in [-0.3, -0.25) is 4.79 Å². The number of nitrogens with one attached hydrogen (secondary N) is 1. The molecule has 1 unspecified atom stereocenters. The van der Waals surface area contributed by atoms with E-state index in [1.165, 1.54) is 17.7 Å². The fraction of sp³-hybridized carbons (Fsp3) is 0.440. The van der Waals surface area contributed by atoms with Crippen molar-refractivity contribution in [3.05, 3.63) is 51.8 Å². The Morgan fingerprint density at radius 3 is 2.54 bits per heavy atom. The lowest BCUT2D eigenvalue weighted by Crippen LogP contribution is -2.39. The number of carbonyl (C=O) groups excluding carboxylic acids is 1. The van der Waals surface area contributed by atoms with Gasteiger partial charge in [-0.25, -0.2) is 13.8 Å². The molecular weight excluding hydrogens is 513 g/mol. The number of aromatic amines is 1. The highest BCUT2D eigenvalue weighted by molar-refractivity contribution is 7.99. The summed E-state index contributed by atoms with van der Waals surface area (Å²) in [6.07, 6.45) is 2.21. The Morgan fingerprint density at radius 2 is 1.91 bits per heavy atom. The Hall–Kier alpha value is -2.03. The standard InChI is InChI=1S/C25H26Cl2F2N4OS/c26-18-12-19-22(21(27)23(18)33-9-7-25(28,29)8-10-33)32-24(31-19)17(11-20(30)34)15-3-5-16(6-4-15)35-13-14-1-2-14/h3-6,12,14,17H,1-2,7-11,13H2,(H2,30,34)(H,31,32). The minimum atomic E-state index is -2.67. The molecule has 1 saturated heterocycles. The fourth-order valence-electron chi connectivity index (χ4n) is 4.47. The third-order valence-corrected chi connectivity index (χ3v) is 8.58. The molecule has 1 saturated carbocycles. The third kappa shape index (κ3) is 5.54. The van der Waals surface area contributed by atoms with Crippen molar-refractivity contribution in [2.24, 2.45) is 11.7 Å². The van der Waals surface area contributed by atoms with E-state index in [0.29, 0.717) is 32.6 Å². The van der Waals surface area contributed by atoms with Crippen molar-refractivity contribution in [3.63, 3.8) is 0 Å². The van der Waals surface area contributed by atoms with Gasteiger partial charge in [0.25, 0.3) is 5.92 Å². The van der Waals surface area contributed by atoms with Crippen molar-refractivity contribution in [1.29, 1.82) is 0 Å². The van der Waals surface area contributed by atoms with Crippen LogP contribution in [0.4, 0.5) is 14.5 Å². The van der Waals surface area contributed by atoms with Crippen LogP contribution in [0.2, 0.25) is 10.0 Å². The highest BCUT2D eigenvalue weighted by Crippen LogP contribution is 2.43. The zero-order valence-corrected chi connectivity index (χ0v) is 21.3. The number of primary amides is 1. The molecule has 1 atom stereocenters. The number of anilines is 1. The van der Waals surface area contributed by atoms with Gasteiger partial charge in [0.1, 0.15) is 5.82 Å². The second kappa shape index (κ2) is 9.79. The van der Waals surface area contributed by atoms with Gasteiger partial charge in [-0.05, 0) is 42.5 Å². The molecule has 186 valence electrons. The topological polar surface area (TPSA) is 75.0 Å². The van der Waals surface area contributed by atoms with E-state index in [1.54, 1.807) is 11.0 Å². The molecule has 2 aliphatic rings. The van der Waals surface area contributed by atoms with Crippen LogP contribution >= 0.6 is 35.0 Å². The molecule has 3 aromatic rings. The number of hydrogen-bond acceptors (Lipinski definition) is 4. The number of imidazole rings is 1. The summed E-state index contributed by atoms with van der Waals surface area (Å²) in [6, 6.07) is 9.82. The van der Waals surface area contributed by atoms with Gasteiger partial charge in [-0.15, -0.1) is 11.8 Å². The van der Waals surface area contributed by atoms with E-state index >= 15 is 0 Å². The molecular formula is C25H26Cl2F2N4OS. The van der Waals surface area contributed by atoms with Crippen LogP contribution in [0.5, 0.6) is 0 Å².